The van der Waals surface area contributed by atoms with Crippen LogP contribution >= 0.6 is 0 Å². The molecule has 1 amide bonds. The fourth-order valence-electron chi connectivity index (χ4n) is 5.43. The van der Waals surface area contributed by atoms with E-state index in [-0.39, 0.29) is 30.1 Å². The van der Waals surface area contributed by atoms with Crippen molar-refractivity contribution in [2.24, 2.45) is 17.8 Å². The third kappa shape index (κ3) is 8.38. The molecule has 3 aromatic rings. The molecule has 3 atom stereocenters. The highest BCUT2D eigenvalue weighted by atomic mass is 16.5. The zero-order chi connectivity index (χ0) is 30.9. The number of anilines is 2. The Labute approximate surface area is 252 Å². The van der Waals surface area contributed by atoms with Crippen molar-refractivity contribution in [1.82, 2.24) is 4.98 Å². The number of aromatic carboxylic acids is 1. The third-order valence-electron chi connectivity index (χ3n) is 7.82. The van der Waals surface area contributed by atoms with Gasteiger partial charge >= 0.3 is 5.97 Å². The molecule has 3 N–H and O–H groups in total. The van der Waals surface area contributed by atoms with Gasteiger partial charge in [0.05, 0.1) is 31.6 Å². The molecule has 1 aliphatic carbocycles. The maximum atomic E-state index is 12.8. The predicted molar refractivity (Wildman–Crippen MR) is 164 cm³/mol. The van der Waals surface area contributed by atoms with Gasteiger partial charge in [-0.25, -0.2) is 9.78 Å². The molecule has 3 unspecified atom stereocenters. The molecule has 4 rings (SSSR count). The number of rotatable bonds is 13. The van der Waals surface area contributed by atoms with Gasteiger partial charge in [-0.2, -0.15) is 0 Å². The number of benzene rings is 2. The van der Waals surface area contributed by atoms with Gasteiger partial charge in [0, 0.05) is 36.1 Å². The standard InChI is InChI=1S/C33H41N3O7/c1-20(2)25-12-9-21(3)15-28(25)42-19-30(37)36-26-13-11-24(16-29(26)41-5)34-17-22-7-6-8-27(40-4)32(22)43-31-14-10-23(18-35-31)33(38)39/h6-8,10-11,13-14,16,18,20-21,25,28,34H,9,12,15,17,19H2,1-5H3,(H,36,37)(H,38,39). The molecule has 0 aliphatic heterocycles. The molecule has 1 aliphatic rings. The normalized spacial score (nSPS) is 18.1. The average molecular weight is 592 g/mol. The molecule has 0 spiro atoms. The van der Waals surface area contributed by atoms with Crippen molar-refractivity contribution < 1.29 is 33.6 Å². The van der Waals surface area contributed by atoms with Gasteiger partial charge in [-0.05, 0) is 54.9 Å². The van der Waals surface area contributed by atoms with Crippen LogP contribution in [0.2, 0.25) is 0 Å². The van der Waals surface area contributed by atoms with E-state index < -0.39 is 5.97 Å². The molecule has 10 nitrogen and oxygen atoms in total. The molecule has 0 radical (unpaired) electrons. The zero-order valence-electron chi connectivity index (χ0n) is 25.4. The summed E-state index contributed by atoms with van der Waals surface area (Å²) in [5, 5.41) is 15.4. The van der Waals surface area contributed by atoms with Crippen LogP contribution < -0.4 is 24.8 Å². The van der Waals surface area contributed by atoms with Crippen molar-refractivity contribution in [2.45, 2.75) is 52.7 Å². The number of aromatic nitrogens is 1. The zero-order valence-corrected chi connectivity index (χ0v) is 25.4. The van der Waals surface area contributed by atoms with Gasteiger partial charge in [0.15, 0.2) is 11.5 Å². The van der Waals surface area contributed by atoms with Gasteiger partial charge in [-0.3, -0.25) is 4.79 Å². The summed E-state index contributed by atoms with van der Waals surface area (Å²) >= 11 is 0. The Morgan fingerprint density at radius 1 is 1.05 bits per heavy atom. The number of hydrogen-bond acceptors (Lipinski definition) is 8. The van der Waals surface area contributed by atoms with Crippen molar-refractivity contribution in [3.63, 3.8) is 0 Å². The fourth-order valence-corrected chi connectivity index (χ4v) is 5.43. The van der Waals surface area contributed by atoms with Crippen LogP contribution in [0.3, 0.4) is 0 Å². The van der Waals surface area contributed by atoms with Gasteiger partial charge in [0.25, 0.3) is 0 Å². The SMILES string of the molecule is COc1cc(NCc2cccc(OC)c2Oc2ccc(C(=O)O)cn2)ccc1NC(=O)COC1CC(C)CCC1C(C)C. The summed E-state index contributed by atoms with van der Waals surface area (Å²) in [6.07, 6.45) is 4.65. The number of methoxy groups -OCH3 is 2. The Balaban J connectivity index is 1.40. The van der Waals surface area contributed by atoms with Gasteiger partial charge < -0.3 is 34.7 Å². The number of carboxylic acid groups (broad SMARTS) is 1. The van der Waals surface area contributed by atoms with E-state index in [4.69, 9.17) is 24.1 Å². The number of amides is 1. The number of pyridine rings is 1. The van der Waals surface area contributed by atoms with Crippen molar-refractivity contribution in [3.05, 3.63) is 65.9 Å². The Hall–Kier alpha value is -4.31. The lowest BCUT2D eigenvalue weighted by Crippen LogP contribution is -2.36. The minimum absolute atomic E-state index is 0.00370. The van der Waals surface area contributed by atoms with E-state index in [9.17, 15) is 9.59 Å². The number of carbonyl (C=O) groups excluding carboxylic acids is 1. The lowest BCUT2D eigenvalue weighted by Gasteiger charge is -2.37. The van der Waals surface area contributed by atoms with E-state index >= 15 is 0 Å². The van der Waals surface area contributed by atoms with Crippen molar-refractivity contribution in [3.8, 4) is 23.1 Å². The molecule has 230 valence electrons. The number of nitrogens with one attached hydrogen (secondary N) is 2. The number of para-hydroxylation sites is 1. The number of carbonyl (C=O) groups is 2. The maximum Gasteiger partial charge on any atom is 0.337 e. The van der Waals surface area contributed by atoms with Crippen LogP contribution in [0.15, 0.2) is 54.7 Å². The maximum absolute atomic E-state index is 12.8. The molecule has 43 heavy (non-hydrogen) atoms. The highest BCUT2D eigenvalue weighted by Gasteiger charge is 2.31. The smallest absolute Gasteiger partial charge is 0.337 e. The highest BCUT2D eigenvalue weighted by molar-refractivity contribution is 5.93. The van der Waals surface area contributed by atoms with Crippen LogP contribution in [0.1, 0.15) is 56.0 Å². The molecular formula is C33H41N3O7. The summed E-state index contributed by atoms with van der Waals surface area (Å²) in [6.45, 7) is 7.06. The third-order valence-corrected chi connectivity index (χ3v) is 7.82. The molecule has 0 bridgehead atoms. The number of nitrogens with zero attached hydrogens (tertiary/aromatic N) is 1. The second kappa shape index (κ2) is 14.7. The van der Waals surface area contributed by atoms with Crippen LogP contribution in [0.25, 0.3) is 0 Å². The molecule has 0 saturated heterocycles. The van der Waals surface area contributed by atoms with Crippen LogP contribution in [-0.2, 0) is 16.1 Å². The quantitative estimate of drug-likeness (QED) is 0.201. The minimum Gasteiger partial charge on any atom is -0.494 e. The molecule has 1 saturated carbocycles. The summed E-state index contributed by atoms with van der Waals surface area (Å²) < 4.78 is 23.2. The van der Waals surface area contributed by atoms with E-state index in [1.165, 1.54) is 24.8 Å². The van der Waals surface area contributed by atoms with Gasteiger partial charge in [0.2, 0.25) is 11.8 Å². The molecule has 10 heteroatoms. The molecule has 2 aromatic carbocycles. The number of ether oxygens (including phenoxy) is 4. The minimum atomic E-state index is -1.07. The average Bonchev–Trinajstić information content (AvgIpc) is 3.00. The Kier molecular flexibility index (Phi) is 10.8. The van der Waals surface area contributed by atoms with E-state index in [0.29, 0.717) is 47.2 Å². The van der Waals surface area contributed by atoms with Crippen LogP contribution in [0.5, 0.6) is 23.1 Å². The van der Waals surface area contributed by atoms with Crippen LogP contribution in [0, 0.1) is 17.8 Å². The molecule has 1 fully saturated rings. The summed E-state index contributed by atoms with van der Waals surface area (Å²) in [4.78, 5) is 28.1. The van der Waals surface area contributed by atoms with E-state index in [1.54, 1.807) is 32.4 Å². The summed E-state index contributed by atoms with van der Waals surface area (Å²) in [7, 11) is 3.10. The fraction of sp³-hybridized carbons (Fsp3) is 0.424. The van der Waals surface area contributed by atoms with E-state index in [1.807, 2.05) is 18.2 Å². The second-order valence-electron chi connectivity index (χ2n) is 11.2. The van der Waals surface area contributed by atoms with Crippen molar-refractivity contribution >= 4 is 23.3 Å². The van der Waals surface area contributed by atoms with Gasteiger partial charge in [-0.1, -0.05) is 39.3 Å². The number of carboxylic acids is 1. The first-order chi connectivity index (χ1) is 20.7. The topological polar surface area (TPSA) is 128 Å². The second-order valence-corrected chi connectivity index (χ2v) is 11.2. The first kappa shape index (κ1) is 31.6. The molecular weight excluding hydrogens is 550 g/mol. The van der Waals surface area contributed by atoms with Crippen LogP contribution in [0.4, 0.5) is 11.4 Å². The Morgan fingerprint density at radius 3 is 2.51 bits per heavy atom. The summed E-state index contributed by atoms with van der Waals surface area (Å²) in [5.74, 6) is 2.00. The van der Waals surface area contributed by atoms with Crippen LogP contribution in [-0.4, -0.2) is 48.9 Å². The van der Waals surface area contributed by atoms with Crippen molar-refractivity contribution in [2.75, 3.05) is 31.5 Å². The van der Waals surface area contributed by atoms with Crippen molar-refractivity contribution in [1.29, 1.82) is 0 Å². The Bertz CT molecular complexity index is 1390. The van der Waals surface area contributed by atoms with Gasteiger partial charge in [0.1, 0.15) is 12.4 Å². The number of hydrogen-bond donors (Lipinski definition) is 3. The monoisotopic (exact) mass is 591 g/mol. The lowest BCUT2D eigenvalue weighted by molar-refractivity contribution is -0.126. The molecule has 1 heterocycles. The van der Waals surface area contributed by atoms with E-state index in [2.05, 4.69) is 36.4 Å². The summed E-state index contributed by atoms with van der Waals surface area (Å²) in [5.41, 5.74) is 2.17. The summed E-state index contributed by atoms with van der Waals surface area (Å²) in [6, 6.07) is 13.9. The largest absolute Gasteiger partial charge is 0.494 e. The lowest BCUT2D eigenvalue weighted by atomic mass is 9.75. The first-order valence-corrected chi connectivity index (χ1v) is 14.5. The highest BCUT2D eigenvalue weighted by Crippen LogP contribution is 2.37. The Morgan fingerprint density at radius 2 is 1.84 bits per heavy atom. The predicted octanol–water partition coefficient (Wildman–Crippen LogP) is 6.62. The van der Waals surface area contributed by atoms with E-state index in [0.717, 1.165) is 24.1 Å². The molecule has 1 aromatic heterocycles. The first-order valence-electron chi connectivity index (χ1n) is 14.5. The van der Waals surface area contributed by atoms with Gasteiger partial charge in [-0.15, -0.1) is 0 Å².